The van der Waals surface area contributed by atoms with Crippen LogP contribution in [-0.4, -0.2) is 55.9 Å². The van der Waals surface area contributed by atoms with Crippen molar-refractivity contribution in [2.45, 2.75) is 0 Å². The summed E-state index contributed by atoms with van der Waals surface area (Å²) in [6, 6.07) is 13.3. The Morgan fingerprint density at radius 3 is 2.29 bits per heavy atom. The van der Waals surface area contributed by atoms with Gasteiger partial charge in [0.05, 0.1) is 15.6 Å². The minimum Gasteiger partial charge on any atom is -0.372 e. The number of hydrogen-bond acceptors (Lipinski definition) is 7. The van der Waals surface area contributed by atoms with Crippen molar-refractivity contribution in [2.24, 2.45) is 0 Å². The van der Waals surface area contributed by atoms with Crippen molar-refractivity contribution in [3.8, 4) is 0 Å². The largest absolute Gasteiger partial charge is 0.372 e. The maximum Gasteiger partial charge on any atom is 0.209 e. The monoisotopic (exact) mass is 475 g/mol. The van der Waals surface area contributed by atoms with Crippen LogP contribution in [0.15, 0.2) is 42.5 Å². The van der Waals surface area contributed by atoms with Gasteiger partial charge in [0.15, 0.2) is 10.9 Å². The van der Waals surface area contributed by atoms with E-state index in [1.807, 2.05) is 12.1 Å². The van der Waals surface area contributed by atoms with Gasteiger partial charge in [0.1, 0.15) is 4.88 Å². The number of hydrogen-bond donors (Lipinski definition) is 2. The summed E-state index contributed by atoms with van der Waals surface area (Å²) in [5.74, 6) is 0.235. The number of ketones is 1. The Hall–Kier alpha value is -2.32. The molecule has 2 heterocycles. The second-order valence-electron chi connectivity index (χ2n) is 7.33. The molecule has 2 N–H and O–H groups in total. The number of nitrogens with one attached hydrogen (secondary N) is 2. The minimum atomic E-state index is -0.254. The molecule has 4 rings (SSSR count). The molecule has 0 unspecified atom stereocenters. The molecule has 0 bridgehead atoms. The molecule has 1 aliphatic heterocycles. The molecule has 1 saturated heterocycles. The van der Waals surface area contributed by atoms with E-state index in [0.29, 0.717) is 25.9 Å². The molecule has 9 heteroatoms. The first-order valence-electron chi connectivity index (χ1n) is 9.94. The number of anilines is 4. The summed E-state index contributed by atoms with van der Waals surface area (Å²) >= 11 is 13.7. The summed E-state index contributed by atoms with van der Waals surface area (Å²) < 4.78 is 0. The predicted octanol–water partition coefficient (Wildman–Crippen LogP) is 5.22. The van der Waals surface area contributed by atoms with Gasteiger partial charge in [-0.3, -0.25) is 4.79 Å². The first kappa shape index (κ1) is 21.9. The Kier molecular flexibility index (Phi) is 6.67. The SMILES string of the molecule is CNc1nc(Nc2ccc(N3CCN(C)CC3)cc2)sc1C(=O)c1c(Cl)cccc1Cl. The molecule has 6 nitrogen and oxygen atoms in total. The molecule has 1 aliphatic rings. The van der Waals surface area contributed by atoms with E-state index in [9.17, 15) is 4.79 Å². The number of thiazole rings is 1. The van der Waals surface area contributed by atoms with E-state index >= 15 is 0 Å². The lowest BCUT2D eigenvalue weighted by Crippen LogP contribution is -2.44. The first-order chi connectivity index (χ1) is 15.0. The van der Waals surface area contributed by atoms with Gasteiger partial charge in [-0.05, 0) is 43.4 Å². The number of benzene rings is 2. The maximum atomic E-state index is 13.1. The van der Waals surface area contributed by atoms with Crippen molar-refractivity contribution in [1.82, 2.24) is 9.88 Å². The lowest BCUT2D eigenvalue weighted by molar-refractivity contribution is 0.104. The molecule has 1 fully saturated rings. The fraction of sp³-hybridized carbons (Fsp3) is 0.273. The molecule has 31 heavy (non-hydrogen) atoms. The fourth-order valence-electron chi connectivity index (χ4n) is 3.47. The van der Waals surface area contributed by atoms with Gasteiger partial charge in [0.25, 0.3) is 0 Å². The Morgan fingerprint density at radius 1 is 1.03 bits per heavy atom. The average Bonchev–Trinajstić information content (AvgIpc) is 3.17. The molecule has 0 atom stereocenters. The summed E-state index contributed by atoms with van der Waals surface area (Å²) in [5, 5.41) is 7.54. The number of aromatic nitrogens is 1. The van der Waals surface area contributed by atoms with Gasteiger partial charge in [-0.1, -0.05) is 40.6 Å². The van der Waals surface area contributed by atoms with E-state index in [1.165, 1.54) is 17.0 Å². The van der Waals surface area contributed by atoms with Gasteiger partial charge in [0, 0.05) is 44.6 Å². The normalized spacial score (nSPS) is 14.5. The highest BCUT2D eigenvalue weighted by molar-refractivity contribution is 7.18. The van der Waals surface area contributed by atoms with Crippen LogP contribution in [0.4, 0.5) is 22.3 Å². The van der Waals surface area contributed by atoms with Crippen molar-refractivity contribution >= 4 is 62.6 Å². The molecule has 162 valence electrons. The van der Waals surface area contributed by atoms with E-state index in [0.717, 1.165) is 31.9 Å². The smallest absolute Gasteiger partial charge is 0.209 e. The molecular formula is C22H23Cl2N5OS. The van der Waals surface area contributed by atoms with Crippen molar-refractivity contribution in [2.75, 3.05) is 55.8 Å². The predicted molar refractivity (Wildman–Crippen MR) is 131 cm³/mol. The minimum absolute atomic E-state index is 0.254. The average molecular weight is 476 g/mol. The lowest BCUT2D eigenvalue weighted by Gasteiger charge is -2.34. The molecule has 0 spiro atoms. The lowest BCUT2D eigenvalue weighted by atomic mass is 10.1. The third-order valence-electron chi connectivity index (χ3n) is 5.25. The van der Waals surface area contributed by atoms with E-state index < -0.39 is 0 Å². The van der Waals surface area contributed by atoms with Crippen LogP contribution in [0.3, 0.4) is 0 Å². The number of carbonyl (C=O) groups excluding carboxylic acids is 1. The highest BCUT2D eigenvalue weighted by Crippen LogP contribution is 2.35. The van der Waals surface area contributed by atoms with E-state index in [4.69, 9.17) is 23.2 Å². The summed E-state index contributed by atoms with van der Waals surface area (Å²) in [4.78, 5) is 22.8. The summed E-state index contributed by atoms with van der Waals surface area (Å²) in [7, 11) is 3.88. The third kappa shape index (κ3) is 4.80. The quantitative estimate of drug-likeness (QED) is 0.476. The van der Waals surface area contributed by atoms with Crippen LogP contribution in [0.5, 0.6) is 0 Å². The second-order valence-corrected chi connectivity index (χ2v) is 9.15. The molecule has 2 aromatic carbocycles. The van der Waals surface area contributed by atoms with Gasteiger partial charge in [0.2, 0.25) is 5.78 Å². The molecular weight excluding hydrogens is 453 g/mol. The third-order valence-corrected chi connectivity index (χ3v) is 6.85. The summed E-state index contributed by atoms with van der Waals surface area (Å²) in [5.41, 5.74) is 2.40. The fourth-order valence-corrected chi connectivity index (χ4v) is 4.98. The van der Waals surface area contributed by atoms with E-state index in [2.05, 4.69) is 44.6 Å². The molecule has 0 amide bonds. The number of carbonyl (C=O) groups is 1. The van der Waals surface area contributed by atoms with E-state index in [1.54, 1.807) is 25.2 Å². The van der Waals surface area contributed by atoms with Crippen molar-refractivity contribution in [1.29, 1.82) is 0 Å². The van der Waals surface area contributed by atoms with E-state index in [-0.39, 0.29) is 11.3 Å². The zero-order valence-corrected chi connectivity index (χ0v) is 19.6. The number of rotatable bonds is 6. The molecule has 0 aliphatic carbocycles. The summed E-state index contributed by atoms with van der Waals surface area (Å²) in [6.07, 6.45) is 0. The van der Waals surface area contributed by atoms with Gasteiger partial charge >= 0.3 is 0 Å². The van der Waals surface area contributed by atoms with Crippen LogP contribution in [0.1, 0.15) is 15.2 Å². The molecule has 0 radical (unpaired) electrons. The van der Waals surface area contributed by atoms with Gasteiger partial charge in [-0.2, -0.15) is 0 Å². The van der Waals surface area contributed by atoms with Crippen LogP contribution in [0.2, 0.25) is 10.0 Å². The van der Waals surface area contributed by atoms with Crippen LogP contribution in [0.25, 0.3) is 0 Å². The topological polar surface area (TPSA) is 60.5 Å². The van der Waals surface area contributed by atoms with Crippen molar-refractivity contribution in [3.63, 3.8) is 0 Å². The van der Waals surface area contributed by atoms with Crippen LogP contribution in [-0.2, 0) is 0 Å². The van der Waals surface area contributed by atoms with Crippen molar-refractivity contribution in [3.05, 3.63) is 63.0 Å². The second kappa shape index (κ2) is 9.44. The zero-order valence-electron chi connectivity index (χ0n) is 17.3. The molecule has 0 saturated carbocycles. The van der Waals surface area contributed by atoms with Crippen LogP contribution in [0, 0.1) is 0 Å². The zero-order chi connectivity index (χ0) is 22.0. The van der Waals surface area contributed by atoms with Crippen LogP contribution >= 0.6 is 34.5 Å². The highest BCUT2D eigenvalue weighted by atomic mass is 35.5. The Labute approximate surface area is 195 Å². The number of nitrogens with zero attached hydrogens (tertiary/aromatic N) is 3. The number of likely N-dealkylation sites (N-methyl/N-ethyl adjacent to an activating group) is 1. The van der Waals surface area contributed by atoms with Crippen molar-refractivity contribution < 1.29 is 4.79 Å². The number of halogens is 2. The summed E-state index contributed by atoms with van der Waals surface area (Å²) in [6.45, 7) is 4.19. The van der Waals surface area contributed by atoms with Gasteiger partial charge in [-0.15, -0.1) is 0 Å². The van der Waals surface area contributed by atoms with Gasteiger partial charge in [-0.25, -0.2) is 4.98 Å². The first-order valence-corrected chi connectivity index (χ1v) is 11.5. The standard InChI is InChI=1S/C22H23Cl2N5OS/c1-25-21-20(19(30)18-16(23)4-3-5-17(18)24)31-22(27-21)26-14-6-8-15(9-7-14)29-12-10-28(2)11-13-29/h3-9,25H,10-13H2,1-2H3,(H,26,27). The molecule has 1 aromatic heterocycles. The Morgan fingerprint density at radius 2 is 1.68 bits per heavy atom. The Bertz CT molecular complexity index is 1060. The van der Waals surface area contributed by atoms with Gasteiger partial charge < -0.3 is 20.4 Å². The number of piperazine rings is 1. The maximum absolute atomic E-state index is 13.1. The Balaban J connectivity index is 1.52. The highest BCUT2D eigenvalue weighted by Gasteiger charge is 2.23. The van der Waals surface area contributed by atoms with Crippen LogP contribution < -0.4 is 15.5 Å². The molecule has 3 aromatic rings.